The Hall–Kier alpha value is -6.70. The maximum Gasteiger partial charge on any atom is 0.0540 e. The van der Waals surface area contributed by atoms with E-state index in [1.807, 2.05) is 0 Å². The Bertz CT molecular complexity index is 2900. The van der Waals surface area contributed by atoms with E-state index in [2.05, 4.69) is 247 Å². The van der Waals surface area contributed by atoms with Gasteiger partial charge in [0.15, 0.2) is 0 Å². The topological polar surface area (TPSA) is 3.24 Å². The number of anilines is 3. The van der Waals surface area contributed by atoms with Crippen LogP contribution in [-0.4, -0.2) is 0 Å². The van der Waals surface area contributed by atoms with Crippen LogP contribution >= 0.6 is 0 Å². The summed E-state index contributed by atoms with van der Waals surface area (Å²) < 4.78 is 0. The molecule has 0 bridgehead atoms. The third-order valence-corrected chi connectivity index (χ3v) is 11.8. The second-order valence-electron chi connectivity index (χ2n) is 17.8. The van der Waals surface area contributed by atoms with Crippen LogP contribution in [0.2, 0.25) is 0 Å². The average Bonchev–Trinajstić information content (AvgIpc) is 3.26. The van der Waals surface area contributed by atoms with E-state index in [1.54, 1.807) is 0 Å². The van der Waals surface area contributed by atoms with Gasteiger partial charge in [0.25, 0.3) is 0 Å². The van der Waals surface area contributed by atoms with E-state index in [9.17, 15) is 0 Å². The molecule has 0 aliphatic carbocycles. The van der Waals surface area contributed by atoms with Crippen molar-refractivity contribution in [1.82, 2.24) is 0 Å². The first kappa shape index (κ1) is 37.9. The predicted molar refractivity (Wildman–Crippen MR) is 255 cm³/mol. The van der Waals surface area contributed by atoms with Gasteiger partial charge in [0, 0.05) is 16.8 Å². The molecule has 288 valence electrons. The van der Waals surface area contributed by atoms with Crippen LogP contribution in [0.5, 0.6) is 0 Å². The molecule has 1 heteroatoms. The second-order valence-corrected chi connectivity index (χ2v) is 17.8. The number of nitrogens with zero attached hydrogens (tertiary/aromatic N) is 1. The second kappa shape index (κ2) is 15.2. The van der Waals surface area contributed by atoms with Crippen LogP contribution in [0.15, 0.2) is 200 Å². The van der Waals surface area contributed by atoms with Crippen molar-refractivity contribution in [2.24, 2.45) is 0 Å². The van der Waals surface area contributed by atoms with Crippen molar-refractivity contribution < 1.29 is 0 Å². The summed E-state index contributed by atoms with van der Waals surface area (Å²) >= 11 is 0. The zero-order valence-electron chi connectivity index (χ0n) is 35.0. The fraction of sp³-hybridized carbons (Fsp3) is 0.138. The summed E-state index contributed by atoms with van der Waals surface area (Å²) in [6, 6.07) is 73.8. The summed E-state index contributed by atoms with van der Waals surface area (Å²) in [5.41, 5.74) is 15.7. The number of benzene rings is 9. The third kappa shape index (κ3) is 7.34. The highest BCUT2D eigenvalue weighted by Crippen LogP contribution is 2.48. The molecule has 0 fully saturated rings. The van der Waals surface area contributed by atoms with E-state index in [-0.39, 0.29) is 10.8 Å². The first-order valence-electron chi connectivity index (χ1n) is 20.8. The Morgan fingerprint density at radius 1 is 0.322 bits per heavy atom. The molecule has 0 atom stereocenters. The van der Waals surface area contributed by atoms with Gasteiger partial charge in [-0.05, 0) is 101 Å². The molecule has 0 heterocycles. The minimum Gasteiger partial charge on any atom is -0.309 e. The molecule has 0 aromatic heterocycles. The number of hydrogen-bond acceptors (Lipinski definition) is 1. The Morgan fingerprint density at radius 3 is 1.41 bits per heavy atom. The fourth-order valence-electron chi connectivity index (χ4n) is 8.55. The number of para-hydroxylation sites is 2. The molecule has 0 unspecified atom stereocenters. The molecule has 9 rings (SSSR count). The third-order valence-electron chi connectivity index (χ3n) is 11.8. The molecule has 0 spiro atoms. The van der Waals surface area contributed by atoms with Gasteiger partial charge in [-0.15, -0.1) is 0 Å². The van der Waals surface area contributed by atoms with Gasteiger partial charge < -0.3 is 4.90 Å². The van der Waals surface area contributed by atoms with Gasteiger partial charge >= 0.3 is 0 Å². The molecule has 0 aliphatic rings. The van der Waals surface area contributed by atoms with Crippen LogP contribution in [0.25, 0.3) is 66.1 Å². The average molecular weight is 762 g/mol. The van der Waals surface area contributed by atoms with Gasteiger partial charge in [0.05, 0.1) is 11.4 Å². The normalized spacial score (nSPS) is 11.9. The summed E-state index contributed by atoms with van der Waals surface area (Å²) in [5.74, 6) is 0. The molecule has 1 nitrogen and oxygen atoms in total. The van der Waals surface area contributed by atoms with Crippen molar-refractivity contribution in [3.05, 3.63) is 211 Å². The van der Waals surface area contributed by atoms with Crippen LogP contribution in [0.4, 0.5) is 17.1 Å². The SMILES string of the molecule is CC(C)(C)c1cc(-c2cccc3cccc(-c4ccccc4N(c4ccc(-c5ccccc5)cc4)c4ccccc4-c4cccc5ccccc45)c23)cc(C(C)(C)C)c1. The molecule has 0 radical (unpaired) electrons. The molecule has 0 N–H and O–H groups in total. The Morgan fingerprint density at radius 2 is 0.780 bits per heavy atom. The van der Waals surface area contributed by atoms with Crippen molar-refractivity contribution in [3.63, 3.8) is 0 Å². The van der Waals surface area contributed by atoms with Gasteiger partial charge in [0.2, 0.25) is 0 Å². The zero-order valence-corrected chi connectivity index (χ0v) is 35.0. The van der Waals surface area contributed by atoms with Crippen LogP contribution in [0, 0.1) is 0 Å². The molecular weight excluding hydrogens is 711 g/mol. The minimum atomic E-state index is 0.00402. The largest absolute Gasteiger partial charge is 0.309 e. The van der Waals surface area contributed by atoms with E-state index in [1.165, 1.54) is 77.2 Å². The lowest BCUT2D eigenvalue weighted by Crippen LogP contribution is -2.16. The fourth-order valence-corrected chi connectivity index (χ4v) is 8.55. The van der Waals surface area contributed by atoms with E-state index in [4.69, 9.17) is 0 Å². The summed E-state index contributed by atoms with van der Waals surface area (Å²) in [6.45, 7) is 13.9. The van der Waals surface area contributed by atoms with Gasteiger partial charge in [0.1, 0.15) is 0 Å². The Labute approximate surface area is 350 Å². The maximum absolute atomic E-state index is 2.47. The van der Waals surface area contributed by atoms with Crippen molar-refractivity contribution in [2.45, 2.75) is 52.4 Å². The van der Waals surface area contributed by atoms with Crippen molar-refractivity contribution in [1.29, 1.82) is 0 Å². The smallest absolute Gasteiger partial charge is 0.0540 e. The molecule has 0 aliphatic heterocycles. The quantitative estimate of drug-likeness (QED) is 0.156. The van der Waals surface area contributed by atoms with Crippen LogP contribution in [0.1, 0.15) is 52.7 Å². The number of rotatable bonds is 7. The summed E-state index contributed by atoms with van der Waals surface area (Å²) in [5, 5.41) is 4.95. The van der Waals surface area contributed by atoms with E-state index >= 15 is 0 Å². The molecule has 59 heavy (non-hydrogen) atoms. The van der Waals surface area contributed by atoms with Gasteiger partial charge in [-0.3, -0.25) is 0 Å². The zero-order chi connectivity index (χ0) is 40.7. The maximum atomic E-state index is 2.47. The van der Waals surface area contributed by atoms with Gasteiger partial charge in [-0.1, -0.05) is 217 Å². The summed E-state index contributed by atoms with van der Waals surface area (Å²) in [6.07, 6.45) is 0. The predicted octanol–water partition coefficient (Wildman–Crippen LogP) is 16.7. The minimum absolute atomic E-state index is 0.00402. The first-order chi connectivity index (χ1) is 28.5. The highest BCUT2D eigenvalue weighted by atomic mass is 15.1. The van der Waals surface area contributed by atoms with Crippen molar-refractivity contribution >= 4 is 38.6 Å². The summed E-state index contributed by atoms with van der Waals surface area (Å²) in [7, 11) is 0. The van der Waals surface area contributed by atoms with E-state index in [0.29, 0.717) is 0 Å². The van der Waals surface area contributed by atoms with Crippen molar-refractivity contribution in [3.8, 4) is 44.5 Å². The van der Waals surface area contributed by atoms with Crippen LogP contribution in [-0.2, 0) is 10.8 Å². The lowest BCUT2D eigenvalue weighted by atomic mass is 9.78. The molecule has 0 amide bonds. The van der Waals surface area contributed by atoms with Crippen molar-refractivity contribution in [2.75, 3.05) is 4.90 Å². The van der Waals surface area contributed by atoms with Gasteiger partial charge in [-0.25, -0.2) is 0 Å². The summed E-state index contributed by atoms with van der Waals surface area (Å²) in [4.78, 5) is 2.47. The number of fused-ring (bicyclic) bond motifs is 2. The molecule has 0 saturated carbocycles. The highest BCUT2D eigenvalue weighted by molar-refractivity contribution is 6.10. The monoisotopic (exact) mass is 761 g/mol. The standard InChI is InChI=1S/C58H51N/c1-57(2,3)45-37-44(38-46(39-45)58(4,5)6)49-28-17-23-43-24-18-30-53(56(43)49)52-27-13-15-32-55(52)59(47-35-33-41(34-36-47)40-19-8-7-9-20-40)54-31-14-12-26-51(54)50-29-16-22-42-21-10-11-25-48(42)50/h7-39H,1-6H3. The Kier molecular flexibility index (Phi) is 9.77. The van der Waals surface area contributed by atoms with E-state index in [0.717, 1.165) is 17.1 Å². The molecule has 9 aromatic carbocycles. The highest BCUT2D eigenvalue weighted by Gasteiger charge is 2.25. The molecule has 9 aromatic rings. The van der Waals surface area contributed by atoms with Crippen LogP contribution < -0.4 is 4.90 Å². The van der Waals surface area contributed by atoms with E-state index < -0.39 is 0 Å². The lowest BCUT2D eigenvalue weighted by molar-refractivity contribution is 0.569. The van der Waals surface area contributed by atoms with Gasteiger partial charge in [-0.2, -0.15) is 0 Å². The number of hydrogen-bond donors (Lipinski definition) is 0. The molecular formula is C58H51N. The first-order valence-corrected chi connectivity index (χ1v) is 20.8. The lowest BCUT2D eigenvalue weighted by Gasteiger charge is -2.30. The van der Waals surface area contributed by atoms with Crippen LogP contribution in [0.3, 0.4) is 0 Å². The Balaban J connectivity index is 1.30. The molecule has 0 saturated heterocycles.